The second kappa shape index (κ2) is 10.7. The number of aryl methyl sites for hydroxylation is 4. The molecule has 0 aliphatic heterocycles. The fourth-order valence-electron chi connectivity index (χ4n) is 4.40. The van der Waals surface area contributed by atoms with Crippen molar-refractivity contribution >= 4 is 23.0 Å². The first kappa shape index (κ1) is 23.8. The van der Waals surface area contributed by atoms with Crippen molar-refractivity contribution in [2.24, 2.45) is 0 Å². The third kappa shape index (κ3) is 6.15. The van der Waals surface area contributed by atoms with Crippen molar-refractivity contribution in [3.05, 3.63) is 124 Å². The SMILES string of the molecule is Cc1cc(C)cc(NC(=S)N(Cc2ccccc2)Cc2cccn2Cc2ccc(C)cc2C)c1. The first-order valence-corrected chi connectivity index (χ1v) is 12.2. The van der Waals surface area contributed by atoms with E-state index in [9.17, 15) is 0 Å². The number of rotatable bonds is 7. The lowest BCUT2D eigenvalue weighted by Gasteiger charge is -2.27. The van der Waals surface area contributed by atoms with Gasteiger partial charge in [-0.25, -0.2) is 0 Å². The Balaban J connectivity index is 1.57. The minimum absolute atomic E-state index is 0.726. The van der Waals surface area contributed by atoms with Crippen molar-refractivity contribution in [3.63, 3.8) is 0 Å². The summed E-state index contributed by atoms with van der Waals surface area (Å²) in [5.41, 5.74) is 9.92. The Kier molecular flexibility index (Phi) is 7.49. The molecule has 0 fully saturated rings. The highest BCUT2D eigenvalue weighted by molar-refractivity contribution is 7.80. The molecule has 0 radical (unpaired) electrons. The predicted octanol–water partition coefficient (Wildman–Crippen LogP) is 7.17. The van der Waals surface area contributed by atoms with Crippen molar-refractivity contribution in [1.82, 2.24) is 9.47 Å². The van der Waals surface area contributed by atoms with E-state index in [1.54, 1.807) is 0 Å². The maximum absolute atomic E-state index is 5.93. The van der Waals surface area contributed by atoms with Crippen LogP contribution in [0.3, 0.4) is 0 Å². The van der Waals surface area contributed by atoms with Gasteiger partial charge in [0.15, 0.2) is 5.11 Å². The molecule has 0 amide bonds. The van der Waals surface area contributed by atoms with Crippen LogP contribution in [0, 0.1) is 27.7 Å². The number of hydrogen-bond acceptors (Lipinski definition) is 1. The molecule has 3 aromatic carbocycles. The van der Waals surface area contributed by atoms with Crippen LogP contribution < -0.4 is 5.32 Å². The molecule has 3 nitrogen and oxygen atoms in total. The minimum atomic E-state index is 0.726. The Labute approximate surface area is 209 Å². The summed E-state index contributed by atoms with van der Waals surface area (Å²) in [6.45, 7) is 10.9. The summed E-state index contributed by atoms with van der Waals surface area (Å²) in [5.74, 6) is 0. The molecule has 0 saturated carbocycles. The average molecular weight is 468 g/mol. The van der Waals surface area contributed by atoms with Gasteiger partial charge in [0.05, 0.1) is 6.54 Å². The Morgan fingerprint density at radius 3 is 2.24 bits per heavy atom. The van der Waals surface area contributed by atoms with E-state index < -0.39 is 0 Å². The van der Waals surface area contributed by atoms with Crippen LogP contribution in [0.5, 0.6) is 0 Å². The van der Waals surface area contributed by atoms with E-state index in [0.29, 0.717) is 0 Å². The molecule has 34 heavy (non-hydrogen) atoms. The van der Waals surface area contributed by atoms with Crippen LogP contribution in [0.1, 0.15) is 39.1 Å². The molecule has 174 valence electrons. The van der Waals surface area contributed by atoms with Crippen LogP contribution in [0.25, 0.3) is 0 Å². The van der Waals surface area contributed by atoms with Crippen molar-refractivity contribution < 1.29 is 0 Å². The second-order valence-corrected chi connectivity index (χ2v) is 9.59. The van der Waals surface area contributed by atoms with E-state index in [-0.39, 0.29) is 0 Å². The van der Waals surface area contributed by atoms with Crippen LogP contribution >= 0.6 is 12.2 Å². The number of anilines is 1. The van der Waals surface area contributed by atoms with Gasteiger partial charge >= 0.3 is 0 Å². The van der Waals surface area contributed by atoms with Gasteiger partial charge in [0.25, 0.3) is 0 Å². The number of benzene rings is 3. The van der Waals surface area contributed by atoms with Gasteiger partial charge in [-0.15, -0.1) is 0 Å². The normalized spacial score (nSPS) is 10.8. The highest BCUT2D eigenvalue weighted by Crippen LogP contribution is 2.19. The molecule has 4 aromatic rings. The Morgan fingerprint density at radius 2 is 1.53 bits per heavy atom. The Morgan fingerprint density at radius 1 is 0.794 bits per heavy atom. The van der Waals surface area contributed by atoms with Crippen molar-refractivity contribution in [3.8, 4) is 0 Å². The molecular formula is C30H33N3S. The minimum Gasteiger partial charge on any atom is -0.345 e. The van der Waals surface area contributed by atoms with Gasteiger partial charge in [-0.1, -0.05) is 60.2 Å². The summed E-state index contributed by atoms with van der Waals surface area (Å²) >= 11 is 5.93. The van der Waals surface area contributed by atoms with Gasteiger partial charge in [0, 0.05) is 30.7 Å². The topological polar surface area (TPSA) is 20.2 Å². The molecule has 4 heteroatoms. The van der Waals surface area contributed by atoms with Gasteiger partial charge in [-0.3, -0.25) is 0 Å². The van der Waals surface area contributed by atoms with E-state index in [1.807, 2.05) is 0 Å². The largest absolute Gasteiger partial charge is 0.345 e. The lowest BCUT2D eigenvalue weighted by molar-refractivity contribution is 0.399. The van der Waals surface area contributed by atoms with E-state index in [2.05, 4.69) is 128 Å². The summed E-state index contributed by atoms with van der Waals surface area (Å²) in [6, 6.07) is 28.0. The molecule has 0 saturated heterocycles. The van der Waals surface area contributed by atoms with E-state index in [4.69, 9.17) is 12.2 Å². The van der Waals surface area contributed by atoms with Crippen LogP contribution in [0.4, 0.5) is 5.69 Å². The smallest absolute Gasteiger partial charge is 0.174 e. The molecule has 4 rings (SSSR count). The Hall–Kier alpha value is -3.37. The maximum Gasteiger partial charge on any atom is 0.174 e. The van der Waals surface area contributed by atoms with Crippen molar-refractivity contribution in [1.29, 1.82) is 0 Å². The van der Waals surface area contributed by atoms with E-state index in [0.717, 1.165) is 30.4 Å². The zero-order valence-electron chi connectivity index (χ0n) is 20.5. The van der Waals surface area contributed by atoms with Gasteiger partial charge < -0.3 is 14.8 Å². The summed E-state index contributed by atoms with van der Waals surface area (Å²) in [5, 5.41) is 4.22. The van der Waals surface area contributed by atoms with Crippen LogP contribution in [-0.4, -0.2) is 14.6 Å². The molecule has 0 aliphatic rings. The van der Waals surface area contributed by atoms with Crippen molar-refractivity contribution in [2.75, 3.05) is 5.32 Å². The summed E-state index contributed by atoms with van der Waals surface area (Å²) < 4.78 is 2.33. The average Bonchev–Trinajstić information content (AvgIpc) is 3.22. The molecular weight excluding hydrogens is 434 g/mol. The summed E-state index contributed by atoms with van der Waals surface area (Å²) in [6.07, 6.45) is 2.16. The molecule has 0 aliphatic carbocycles. The number of nitrogens with zero attached hydrogens (tertiary/aromatic N) is 2. The van der Waals surface area contributed by atoms with Crippen LogP contribution in [-0.2, 0) is 19.6 Å². The highest BCUT2D eigenvalue weighted by Gasteiger charge is 2.15. The fraction of sp³-hybridized carbons (Fsp3) is 0.233. The summed E-state index contributed by atoms with van der Waals surface area (Å²) in [4.78, 5) is 2.25. The second-order valence-electron chi connectivity index (χ2n) is 9.21. The number of hydrogen-bond donors (Lipinski definition) is 1. The molecule has 1 heterocycles. The summed E-state index contributed by atoms with van der Waals surface area (Å²) in [7, 11) is 0. The monoisotopic (exact) mass is 467 g/mol. The van der Waals surface area contributed by atoms with E-state index >= 15 is 0 Å². The zero-order chi connectivity index (χ0) is 24.1. The molecule has 0 spiro atoms. The molecule has 0 bridgehead atoms. The van der Waals surface area contributed by atoms with Gasteiger partial charge in [-0.2, -0.15) is 0 Å². The molecule has 0 atom stereocenters. The first-order chi connectivity index (χ1) is 16.4. The van der Waals surface area contributed by atoms with Gasteiger partial charge in [-0.05, 0) is 92.0 Å². The number of aromatic nitrogens is 1. The van der Waals surface area contributed by atoms with Gasteiger partial charge in [0.2, 0.25) is 0 Å². The lowest BCUT2D eigenvalue weighted by Crippen LogP contribution is -2.34. The standard InChI is InChI=1S/C30H33N3S/c1-22-12-13-27(25(4)16-22)20-32-14-8-11-29(32)21-33(19-26-9-6-5-7-10-26)30(34)31-28-17-23(2)15-24(3)18-28/h5-18H,19-21H2,1-4H3,(H,31,34). The number of nitrogens with one attached hydrogen (secondary N) is 1. The predicted molar refractivity (Wildman–Crippen MR) is 147 cm³/mol. The lowest BCUT2D eigenvalue weighted by atomic mass is 10.1. The highest BCUT2D eigenvalue weighted by atomic mass is 32.1. The molecule has 1 aromatic heterocycles. The Bertz CT molecular complexity index is 1250. The third-order valence-electron chi connectivity index (χ3n) is 6.09. The first-order valence-electron chi connectivity index (χ1n) is 11.8. The van der Waals surface area contributed by atoms with Gasteiger partial charge in [0.1, 0.15) is 0 Å². The fourth-order valence-corrected chi connectivity index (χ4v) is 4.65. The zero-order valence-corrected chi connectivity index (χ0v) is 21.3. The molecule has 0 unspecified atom stereocenters. The van der Waals surface area contributed by atoms with Crippen molar-refractivity contribution in [2.45, 2.75) is 47.3 Å². The number of thiocarbonyl (C=S) groups is 1. The molecule has 1 N–H and O–H groups in total. The van der Waals surface area contributed by atoms with E-state index in [1.165, 1.54) is 39.1 Å². The van der Waals surface area contributed by atoms with Crippen LogP contribution in [0.15, 0.2) is 85.1 Å². The third-order valence-corrected chi connectivity index (χ3v) is 6.45. The maximum atomic E-state index is 5.93. The van der Waals surface area contributed by atoms with Crippen LogP contribution in [0.2, 0.25) is 0 Å². The quantitative estimate of drug-likeness (QED) is 0.291.